The van der Waals surface area contributed by atoms with Gasteiger partial charge in [0.05, 0.1) is 17.4 Å². The minimum Gasteiger partial charge on any atom is -0.346 e. The molecule has 0 spiro atoms. The fraction of sp³-hybridized carbons (Fsp3) is 0.273. The van der Waals surface area contributed by atoms with Crippen LogP contribution in [0.15, 0.2) is 17.6 Å². The predicted molar refractivity (Wildman–Crippen MR) is 73.3 cm³/mol. The lowest BCUT2D eigenvalue weighted by Crippen LogP contribution is -2.24. The van der Waals surface area contributed by atoms with Gasteiger partial charge in [-0.2, -0.15) is 5.10 Å². The molecule has 0 saturated carbocycles. The van der Waals surface area contributed by atoms with Gasteiger partial charge in [0.2, 0.25) is 0 Å². The molecule has 100 valence electrons. The lowest BCUT2D eigenvalue weighted by atomic mass is 10.2. The Bertz CT molecular complexity index is 601. The van der Waals surface area contributed by atoms with Crippen LogP contribution >= 0.6 is 23.4 Å². The van der Waals surface area contributed by atoms with Crippen molar-refractivity contribution >= 4 is 29.3 Å². The van der Waals surface area contributed by atoms with Gasteiger partial charge < -0.3 is 5.32 Å². The van der Waals surface area contributed by atoms with Gasteiger partial charge in [-0.3, -0.25) is 9.89 Å². The van der Waals surface area contributed by atoms with Crippen LogP contribution in [0.3, 0.4) is 0 Å². The Labute approximate surface area is 119 Å². The molecule has 2 rings (SSSR count). The van der Waals surface area contributed by atoms with Gasteiger partial charge in [-0.05, 0) is 13.2 Å². The molecule has 2 aromatic rings. The number of rotatable bonds is 4. The van der Waals surface area contributed by atoms with Gasteiger partial charge in [0.1, 0.15) is 0 Å². The number of carbonyl (C=O) groups excluding carboxylic acids is 1. The van der Waals surface area contributed by atoms with E-state index in [4.69, 9.17) is 11.6 Å². The Balaban J connectivity index is 2.10. The van der Waals surface area contributed by atoms with Crippen LogP contribution < -0.4 is 5.32 Å². The number of nitrogens with one attached hydrogen (secondary N) is 2. The van der Waals surface area contributed by atoms with E-state index >= 15 is 0 Å². The van der Waals surface area contributed by atoms with E-state index in [1.165, 1.54) is 18.0 Å². The average Bonchev–Trinajstić information content (AvgIpc) is 2.82. The van der Waals surface area contributed by atoms with Crippen LogP contribution in [0.4, 0.5) is 0 Å². The second-order valence-electron chi connectivity index (χ2n) is 3.76. The molecule has 2 aromatic heterocycles. The highest BCUT2D eigenvalue weighted by Gasteiger charge is 2.14. The van der Waals surface area contributed by atoms with Crippen molar-refractivity contribution in [3.05, 3.63) is 34.4 Å². The van der Waals surface area contributed by atoms with Crippen LogP contribution in [0.5, 0.6) is 0 Å². The average molecular weight is 298 g/mol. The lowest BCUT2D eigenvalue weighted by Gasteiger charge is -2.06. The molecule has 0 fully saturated rings. The van der Waals surface area contributed by atoms with Crippen molar-refractivity contribution in [1.82, 2.24) is 25.5 Å². The zero-order valence-corrected chi connectivity index (χ0v) is 12.0. The molecule has 6 nitrogen and oxygen atoms in total. The summed E-state index contributed by atoms with van der Waals surface area (Å²) in [5.41, 5.74) is 2.02. The van der Waals surface area contributed by atoms with Gasteiger partial charge in [0.15, 0.2) is 10.9 Å². The molecule has 0 aliphatic carbocycles. The van der Waals surface area contributed by atoms with Crippen LogP contribution in [-0.2, 0) is 6.54 Å². The van der Waals surface area contributed by atoms with Crippen molar-refractivity contribution in [2.45, 2.75) is 18.6 Å². The van der Waals surface area contributed by atoms with Crippen molar-refractivity contribution in [2.75, 3.05) is 6.26 Å². The van der Waals surface area contributed by atoms with E-state index in [2.05, 4.69) is 25.5 Å². The summed E-state index contributed by atoms with van der Waals surface area (Å²) in [4.78, 5) is 20.1. The maximum Gasteiger partial charge on any atom is 0.271 e. The number of aryl methyl sites for hydroxylation is 1. The highest BCUT2D eigenvalue weighted by Crippen LogP contribution is 2.16. The number of amides is 1. The normalized spacial score (nSPS) is 10.5. The van der Waals surface area contributed by atoms with Gasteiger partial charge in [0, 0.05) is 17.8 Å². The molecule has 0 aliphatic heterocycles. The molecule has 1 amide bonds. The third kappa shape index (κ3) is 3.24. The predicted octanol–water partition coefficient (Wildman–Crippen LogP) is 1.81. The van der Waals surface area contributed by atoms with Crippen LogP contribution in [0.2, 0.25) is 5.02 Å². The second kappa shape index (κ2) is 6.03. The topological polar surface area (TPSA) is 83.6 Å². The van der Waals surface area contributed by atoms with Gasteiger partial charge in [0.25, 0.3) is 5.91 Å². The molecule has 0 aliphatic rings. The van der Waals surface area contributed by atoms with E-state index in [0.717, 1.165) is 11.3 Å². The number of hydrogen-bond donors (Lipinski definition) is 2. The SMILES string of the molecule is CSc1ncc(Cl)c(C(=O)NCc2cn[nH]c2C)n1. The van der Waals surface area contributed by atoms with Gasteiger partial charge >= 0.3 is 0 Å². The summed E-state index contributed by atoms with van der Waals surface area (Å²) in [6.07, 6.45) is 4.93. The number of nitrogens with zero attached hydrogens (tertiary/aromatic N) is 3. The first-order valence-electron chi connectivity index (χ1n) is 5.45. The van der Waals surface area contributed by atoms with E-state index in [0.29, 0.717) is 11.7 Å². The molecule has 0 bridgehead atoms. The molecular formula is C11H12ClN5OS. The summed E-state index contributed by atoms with van der Waals surface area (Å²) < 4.78 is 0. The monoisotopic (exact) mass is 297 g/mol. The molecule has 0 unspecified atom stereocenters. The third-order valence-electron chi connectivity index (χ3n) is 2.49. The van der Waals surface area contributed by atoms with Gasteiger partial charge in [-0.1, -0.05) is 23.4 Å². The fourth-order valence-corrected chi connectivity index (χ4v) is 1.94. The molecule has 0 aromatic carbocycles. The smallest absolute Gasteiger partial charge is 0.271 e. The molecule has 2 heterocycles. The minimum atomic E-state index is -0.330. The summed E-state index contributed by atoms with van der Waals surface area (Å²) in [5.74, 6) is -0.330. The summed E-state index contributed by atoms with van der Waals surface area (Å²) in [5, 5.41) is 10.2. The number of aromatic nitrogens is 4. The fourth-order valence-electron chi connectivity index (χ4n) is 1.42. The van der Waals surface area contributed by atoms with E-state index in [1.807, 2.05) is 13.2 Å². The lowest BCUT2D eigenvalue weighted by molar-refractivity contribution is 0.0945. The Kier molecular flexibility index (Phi) is 4.39. The summed E-state index contributed by atoms with van der Waals surface area (Å²) >= 11 is 7.28. The number of thioether (sulfide) groups is 1. The highest BCUT2D eigenvalue weighted by molar-refractivity contribution is 7.98. The van der Waals surface area contributed by atoms with Crippen molar-refractivity contribution in [3.63, 3.8) is 0 Å². The number of halogens is 1. The first-order valence-corrected chi connectivity index (χ1v) is 7.05. The first-order chi connectivity index (χ1) is 9.11. The van der Waals surface area contributed by atoms with Gasteiger partial charge in [-0.25, -0.2) is 9.97 Å². The van der Waals surface area contributed by atoms with Crippen molar-refractivity contribution < 1.29 is 4.79 Å². The second-order valence-corrected chi connectivity index (χ2v) is 4.94. The molecular weight excluding hydrogens is 286 g/mol. The van der Waals surface area contributed by atoms with Crippen LogP contribution in [0.25, 0.3) is 0 Å². The standard InChI is InChI=1S/C11H12ClN5OS/c1-6-7(4-15-17-6)3-13-10(18)9-8(12)5-14-11(16-9)19-2/h4-5H,3H2,1-2H3,(H,13,18)(H,15,17). The number of aromatic amines is 1. The van der Waals surface area contributed by atoms with E-state index < -0.39 is 0 Å². The zero-order valence-electron chi connectivity index (χ0n) is 10.4. The Morgan fingerprint density at radius 3 is 2.95 bits per heavy atom. The maximum absolute atomic E-state index is 12.0. The summed E-state index contributed by atoms with van der Waals surface area (Å²) in [6, 6.07) is 0. The van der Waals surface area contributed by atoms with Crippen LogP contribution in [-0.4, -0.2) is 32.3 Å². The molecule has 2 N–H and O–H groups in total. The molecule has 0 atom stereocenters. The summed E-state index contributed by atoms with van der Waals surface area (Å²) in [7, 11) is 0. The molecule has 0 saturated heterocycles. The number of H-pyrrole nitrogens is 1. The minimum absolute atomic E-state index is 0.183. The number of hydrogen-bond acceptors (Lipinski definition) is 5. The Morgan fingerprint density at radius 1 is 1.53 bits per heavy atom. The van der Waals surface area contributed by atoms with E-state index in [1.54, 1.807) is 6.20 Å². The van der Waals surface area contributed by atoms with Gasteiger partial charge in [-0.15, -0.1) is 0 Å². The highest BCUT2D eigenvalue weighted by atomic mass is 35.5. The maximum atomic E-state index is 12.0. The molecule has 8 heteroatoms. The van der Waals surface area contributed by atoms with E-state index in [9.17, 15) is 4.79 Å². The van der Waals surface area contributed by atoms with Crippen LogP contribution in [0, 0.1) is 6.92 Å². The number of carbonyl (C=O) groups is 1. The van der Waals surface area contributed by atoms with Crippen molar-refractivity contribution in [2.24, 2.45) is 0 Å². The Hall–Kier alpha value is -1.60. The summed E-state index contributed by atoms with van der Waals surface area (Å²) in [6.45, 7) is 2.26. The third-order valence-corrected chi connectivity index (χ3v) is 3.33. The van der Waals surface area contributed by atoms with Crippen LogP contribution in [0.1, 0.15) is 21.7 Å². The first kappa shape index (κ1) is 13.8. The molecule has 19 heavy (non-hydrogen) atoms. The Morgan fingerprint density at radius 2 is 2.32 bits per heavy atom. The largest absolute Gasteiger partial charge is 0.346 e. The van der Waals surface area contributed by atoms with E-state index in [-0.39, 0.29) is 16.6 Å². The quantitative estimate of drug-likeness (QED) is 0.664. The van der Waals surface area contributed by atoms with Crippen molar-refractivity contribution in [1.29, 1.82) is 0 Å². The van der Waals surface area contributed by atoms with Crippen molar-refractivity contribution in [3.8, 4) is 0 Å². The molecule has 0 radical (unpaired) electrons. The zero-order chi connectivity index (χ0) is 13.8.